The van der Waals surface area contributed by atoms with Gasteiger partial charge in [0.05, 0.1) is 11.6 Å². The summed E-state index contributed by atoms with van der Waals surface area (Å²) in [6, 6.07) is 12.4. The molecule has 0 aliphatic carbocycles. The zero-order valence-electron chi connectivity index (χ0n) is 20.5. The lowest BCUT2D eigenvalue weighted by Gasteiger charge is -2.32. The molecule has 0 unspecified atom stereocenters. The van der Waals surface area contributed by atoms with Crippen LogP contribution < -0.4 is 10.2 Å². The van der Waals surface area contributed by atoms with E-state index in [0.29, 0.717) is 24.0 Å². The number of nitrogens with zero attached hydrogens (tertiary/aromatic N) is 5. The van der Waals surface area contributed by atoms with Crippen molar-refractivity contribution >= 4 is 17.8 Å². The molecule has 1 aliphatic heterocycles. The van der Waals surface area contributed by atoms with Crippen molar-refractivity contribution in [3.8, 4) is 0 Å². The van der Waals surface area contributed by atoms with Crippen LogP contribution in [0.15, 0.2) is 61.2 Å². The van der Waals surface area contributed by atoms with E-state index in [1.54, 1.807) is 36.7 Å². The van der Waals surface area contributed by atoms with Crippen molar-refractivity contribution in [2.75, 3.05) is 25.0 Å². The molecule has 182 valence electrons. The van der Waals surface area contributed by atoms with E-state index in [1.807, 2.05) is 19.1 Å². The van der Waals surface area contributed by atoms with Crippen LogP contribution in [0, 0.1) is 0 Å². The monoisotopic (exact) mass is 472 g/mol. The summed E-state index contributed by atoms with van der Waals surface area (Å²) in [6.45, 7) is 5.76. The van der Waals surface area contributed by atoms with Crippen molar-refractivity contribution in [1.29, 1.82) is 0 Å². The third kappa shape index (κ3) is 6.20. The Bertz CT molecular complexity index is 1130. The summed E-state index contributed by atoms with van der Waals surface area (Å²) in [5.41, 5.74) is 3.93. The summed E-state index contributed by atoms with van der Waals surface area (Å²) in [5.74, 6) is 1.02. The fourth-order valence-electron chi connectivity index (χ4n) is 4.51. The fourth-order valence-corrected chi connectivity index (χ4v) is 4.51. The van der Waals surface area contributed by atoms with Crippen LogP contribution in [0.4, 0.5) is 5.95 Å². The van der Waals surface area contributed by atoms with Gasteiger partial charge in [-0.15, -0.1) is 0 Å². The summed E-state index contributed by atoms with van der Waals surface area (Å²) >= 11 is 0. The quantitative estimate of drug-likeness (QED) is 0.564. The molecular weight excluding hydrogens is 440 g/mol. The standard InChI is InChI=1S/C27H32N6O2/c1-19(31-20(2)34)22-4-6-23(7-5-22)24-10-14-33(15-11-24)27-29-16-25(17-30-27)26(35)32(3)18-21-8-12-28-13-9-21/h4-9,12-13,16-17,19,24H,10-11,14-15,18H2,1-3H3,(H,31,34)/t19-/m0/s1. The highest BCUT2D eigenvalue weighted by Crippen LogP contribution is 2.30. The van der Waals surface area contributed by atoms with Gasteiger partial charge < -0.3 is 15.1 Å². The van der Waals surface area contributed by atoms with Crippen LogP contribution in [0.3, 0.4) is 0 Å². The van der Waals surface area contributed by atoms with Crippen molar-refractivity contribution in [3.05, 3.63) is 83.4 Å². The average molecular weight is 473 g/mol. The van der Waals surface area contributed by atoms with Crippen molar-refractivity contribution in [3.63, 3.8) is 0 Å². The van der Waals surface area contributed by atoms with E-state index in [9.17, 15) is 9.59 Å². The number of pyridine rings is 1. The van der Waals surface area contributed by atoms with Crippen LogP contribution in [-0.4, -0.2) is 51.8 Å². The number of hydrogen-bond acceptors (Lipinski definition) is 6. The Labute approximate surface area is 206 Å². The largest absolute Gasteiger partial charge is 0.350 e. The number of carbonyl (C=O) groups excluding carboxylic acids is 2. The second kappa shape index (κ2) is 11.1. The lowest BCUT2D eigenvalue weighted by Crippen LogP contribution is -2.34. The maximum atomic E-state index is 12.8. The first-order valence-corrected chi connectivity index (χ1v) is 12.0. The molecule has 0 radical (unpaired) electrons. The zero-order valence-corrected chi connectivity index (χ0v) is 20.5. The van der Waals surface area contributed by atoms with Gasteiger partial charge in [0.2, 0.25) is 11.9 Å². The van der Waals surface area contributed by atoms with E-state index in [0.717, 1.165) is 37.1 Å². The number of piperidine rings is 1. The number of rotatable bonds is 7. The van der Waals surface area contributed by atoms with E-state index in [-0.39, 0.29) is 17.9 Å². The van der Waals surface area contributed by atoms with Crippen LogP contribution in [-0.2, 0) is 11.3 Å². The molecule has 4 rings (SSSR count). The topological polar surface area (TPSA) is 91.3 Å². The Morgan fingerprint density at radius 1 is 1.06 bits per heavy atom. The van der Waals surface area contributed by atoms with Gasteiger partial charge in [0.15, 0.2) is 0 Å². The molecule has 1 N–H and O–H groups in total. The van der Waals surface area contributed by atoms with Crippen molar-refractivity contribution in [1.82, 2.24) is 25.2 Å². The Balaban J connectivity index is 1.31. The number of carbonyl (C=O) groups is 2. The molecule has 0 bridgehead atoms. The molecule has 1 aliphatic rings. The molecule has 35 heavy (non-hydrogen) atoms. The minimum atomic E-state index is -0.108. The van der Waals surface area contributed by atoms with E-state index in [4.69, 9.17) is 0 Å². The van der Waals surface area contributed by atoms with E-state index >= 15 is 0 Å². The van der Waals surface area contributed by atoms with Gasteiger partial charge in [-0.25, -0.2) is 9.97 Å². The number of nitrogens with one attached hydrogen (secondary N) is 1. The minimum absolute atomic E-state index is 0.00539. The third-order valence-corrected chi connectivity index (χ3v) is 6.51. The lowest BCUT2D eigenvalue weighted by atomic mass is 9.88. The average Bonchev–Trinajstić information content (AvgIpc) is 2.89. The van der Waals surface area contributed by atoms with Crippen LogP contribution >= 0.6 is 0 Å². The van der Waals surface area contributed by atoms with Gasteiger partial charge in [0.1, 0.15) is 0 Å². The molecule has 1 fully saturated rings. The number of aromatic nitrogens is 3. The van der Waals surface area contributed by atoms with E-state index < -0.39 is 0 Å². The molecule has 0 saturated carbocycles. The molecule has 2 amide bonds. The van der Waals surface area contributed by atoms with Crippen molar-refractivity contribution < 1.29 is 9.59 Å². The number of amides is 2. The molecule has 1 saturated heterocycles. The summed E-state index contributed by atoms with van der Waals surface area (Å²) in [6.07, 6.45) is 8.71. The van der Waals surface area contributed by atoms with Gasteiger partial charge in [-0.05, 0) is 54.5 Å². The summed E-state index contributed by atoms with van der Waals surface area (Å²) < 4.78 is 0. The van der Waals surface area contributed by atoms with Gasteiger partial charge in [-0.3, -0.25) is 14.6 Å². The van der Waals surface area contributed by atoms with Gasteiger partial charge >= 0.3 is 0 Å². The molecule has 3 heterocycles. The van der Waals surface area contributed by atoms with Gasteiger partial charge in [0, 0.05) is 58.4 Å². The molecule has 1 aromatic carbocycles. The first-order valence-electron chi connectivity index (χ1n) is 12.0. The normalized spacial score (nSPS) is 14.9. The van der Waals surface area contributed by atoms with Crippen molar-refractivity contribution in [2.45, 2.75) is 45.2 Å². The molecule has 8 nitrogen and oxygen atoms in total. The molecule has 3 aromatic rings. The summed E-state index contributed by atoms with van der Waals surface area (Å²) in [5, 5.41) is 2.92. The highest BCUT2D eigenvalue weighted by Gasteiger charge is 2.23. The first kappa shape index (κ1) is 24.3. The Hall–Kier alpha value is -3.81. The smallest absolute Gasteiger partial charge is 0.257 e. The maximum absolute atomic E-state index is 12.8. The Kier molecular flexibility index (Phi) is 7.70. The molecule has 2 aromatic heterocycles. The van der Waals surface area contributed by atoms with Gasteiger partial charge in [-0.1, -0.05) is 24.3 Å². The molecule has 1 atom stereocenters. The fraction of sp³-hybridized carbons (Fsp3) is 0.370. The predicted octanol–water partition coefficient (Wildman–Crippen LogP) is 3.72. The predicted molar refractivity (Wildman–Crippen MR) is 135 cm³/mol. The van der Waals surface area contributed by atoms with Crippen LogP contribution in [0.25, 0.3) is 0 Å². The summed E-state index contributed by atoms with van der Waals surface area (Å²) in [4.78, 5) is 40.9. The molecule has 0 spiro atoms. The van der Waals surface area contributed by atoms with Crippen LogP contribution in [0.5, 0.6) is 0 Å². The molecule has 8 heteroatoms. The van der Waals surface area contributed by atoms with Crippen LogP contribution in [0.1, 0.15) is 65.7 Å². The number of anilines is 1. The van der Waals surface area contributed by atoms with E-state index in [1.165, 1.54) is 12.5 Å². The second-order valence-corrected chi connectivity index (χ2v) is 9.14. The first-order chi connectivity index (χ1) is 16.9. The second-order valence-electron chi connectivity index (χ2n) is 9.14. The van der Waals surface area contributed by atoms with Crippen LogP contribution in [0.2, 0.25) is 0 Å². The molecular formula is C27H32N6O2. The lowest BCUT2D eigenvalue weighted by molar-refractivity contribution is -0.119. The maximum Gasteiger partial charge on any atom is 0.257 e. The van der Waals surface area contributed by atoms with E-state index in [2.05, 4.69) is 49.4 Å². The Morgan fingerprint density at radius 2 is 1.69 bits per heavy atom. The Morgan fingerprint density at radius 3 is 2.29 bits per heavy atom. The highest BCUT2D eigenvalue weighted by molar-refractivity contribution is 5.93. The zero-order chi connectivity index (χ0) is 24.8. The minimum Gasteiger partial charge on any atom is -0.350 e. The number of benzene rings is 1. The van der Waals surface area contributed by atoms with Gasteiger partial charge in [-0.2, -0.15) is 0 Å². The summed E-state index contributed by atoms with van der Waals surface area (Å²) in [7, 11) is 1.77. The highest BCUT2D eigenvalue weighted by atomic mass is 16.2. The number of hydrogen-bond donors (Lipinski definition) is 1. The third-order valence-electron chi connectivity index (χ3n) is 6.51. The van der Waals surface area contributed by atoms with Crippen molar-refractivity contribution in [2.24, 2.45) is 0 Å². The SMILES string of the molecule is CC(=O)N[C@@H](C)c1ccc(C2CCN(c3ncc(C(=O)N(C)Cc4ccncc4)cn3)CC2)cc1. The van der Waals surface area contributed by atoms with Gasteiger partial charge in [0.25, 0.3) is 5.91 Å².